The average molecular weight is 582 g/mol. The topological polar surface area (TPSA) is 103 Å². The zero-order valence-electron chi connectivity index (χ0n) is 22.0. The number of primary amides is 1. The third-order valence-electron chi connectivity index (χ3n) is 7.78. The van der Waals surface area contributed by atoms with Crippen LogP contribution in [0.25, 0.3) is 11.1 Å². The molecule has 6 rings (SSSR count). The summed E-state index contributed by atoms with van der Waals surface area (Å²) in [6, 6.07) is 8.96. The van der Waals surface area contributed by atoms with E-state index < -0.39 is 41.7 Å². The Morgan fingerprint density at radius 3 is 2.52 bits per heavy atom. The molecular weight excluding hydrogens is 557 g/mol. The fourth-order valence-electron chi connectivity index (χ4n) is 5.90. The van der Waals surface area contributed by atoms with E-state index in [0.29, 0.717) is 28.8 Å². The molecule has 0 spiro atoms. The zero-order valence-corrected chi connectivity index (χ0v) is 22.0. The summed E-state index contributed by atoms with van der Waals surface area (Å²) in [6.45, 7) is -0.354. The van der Waals surface area contributed by atoms with Gasteiger partial charge in [0.15, 0.2) is 0 Å². The number of aromatic nitrogens is 3. The van der Waals surface area contributed by atoms with Crippen LogP contribution in [0.5, 0.6) is 0 Å². The highest BCUT2D eigenvalue weighted by molar-refractivity contribution is 5.94. The minimum atomic E-state index is -2.77. The Bertz CT molecular complexity index is 1700. The molecule has 0 saturated heterocycles. The molecule has 7 nitrogen and oxygen atoms in total. The van der Waals surface area contributed by atoms with Gasteiger partial charge >= 0.3 is 0 Å². The van der Waals surface area contributed by atoms with Gasteiger partial charge in [-0.25, -0.2) is 22.0 Å². The van der Waals surface area contributed by atoms with Crippen molar-refractivity contribution in [2.24, 2.45) is 11.7 Å². The second-order valence-corrected chi connectivity index (χ2v) is 10.6. The second kappa shape index (κ2) is 10.7. The maximum absolute atomic E-state index is 14.2. The molecule has 3 N–H and O–H groups in total. The number of amides is 2. The van der Waals surface area contributed by atoms with E-state index in [-0.39, 0.29) is 47.3 Å². The van der Waals surface area contributed by atoms with Crippen molar-refractivity contribution in [2.75, 3.05) is 0 Å². The first kappa shape index (κ1) is 27.6. The summed E-state index contributed by atoms with van der Waals surface area (Å²) < 4.78 is 71.1. The molecule has 0 aliphatic heterocycles. The first-order valence-electron chi connectivity index (χ1n) is 13.3. The van der Waals surface area contributed by atoms with Crippen molar-refractivity contribution >= 4 is 11.8 Å². The van der Waals surface area contributed by atoms with Gasteiger partial charge in [-0.05, 0) is 72.6 Å². The number of alkyl halides is 2. The Morgan fingerprint density at radius 2 is 1.81 bits per heavy atom. The molecule has 0 bridgehead atoms. The van der Waals surface area contributed by atoms with Gasteiger partial charge in [0.05, 0.1) is 17.3 Å². The summed E-state index contributed by atoms with van der Waals surface area (Å²) in [6.07, 6.45) is -0.0199. The number of halogens is 5. The number of nitrogens with zero attached hydrogens (tertiary/aromatic N) is 3. The fourth-order valence-corrected chi connectivity index (χ4v) is 5.90. The molecule has 2 amide bonds. The summed E-state index contributed by atoms with van der Waals surface area (Å²) in [5.74, 6) is -3.67. The molecule has 2 heterocycles. The lowest BCUT2D eigenvalue weighted by Crippen LogP contribution is -2.34. The number of rotatable bonds is 9. The molecule has 2 unspecified atom stereocenters. The summed E-state index contributed by atoms with van der Waals surface area (Å²) in [7, 11) is 0. The molecule has 0 radical (unpaired) electrons. The number of carbonyl (C=O) groups is 2. The first-order chi connectivity index (χ1) is 20.1. The van der Waals surface area contributed by atoms with Crippen LogP contribution in [0.3, 0.4) is 0 Å². The van der Waals surface area contributed by atoms with Crippen LogP contribution in [0.4, 0.5) is 22.0 Å². The van der Waals surface area contributed by atoms with Crippen LogP contribution in [0.1, 0.15) is 63.4 Å². The number of pyridine rings is 1. The van der Waals surface area contributed by atoms with Crippen LogP contribution in [-0.4, -0.2) is 26.6 Å². The first-order valence-corrected chi connectivity index (χ1v) is 13.3. The normalized spacial score (nSPS) is 17.6. The third kappa shape index (κ3) is 5.24. The predicted octanol–water partition coefficient (Wildman–Crippen LogP) is 5.16. The van der Waals surface area contributed by atoms with Crippen molar-refractivity contribution in [1.82, 2.24) is 20.1 Å². The highest BCUT2D eigenvalue weighted by Crippen LogP contribution is 2.58. The van der Waals surface area contributed by atoms with E-state index in [2.05, 4.69) is 15.4 Å². The van der Waals surface area contributed by atoms with E-state index in [0.717, 1.165) is 30.7 Å². The molecular formula is C30H24F5N5O2. The summed E-state index contributed by atoms with van der Waals surface area (Å²) in [5, 5.41) is 6.87. The Kier molecular flexibility index (Phi) is 6.99. The lowest BCUT2D eigenvalue weighted by atomic mass is 9.94. The number of benzene rings is 2. The van der Waals surface area contributed by atoms with Gasteiger partial charge in [0.25, 0.3) is 12.3 Å². The molecule has 2 aromatic carbocycles. The Balaban J connectivity index is 1.35. The second-order valence-electron chi connectivity index (χ2n) is 10.6. The summed E-state index contributed by atoms with van der Waals surface area (Å²) in [5.41, 5.74) is 7.06. The average Bonchev–Trinajstić information content (AvgIpc) is 3.45. The molecule has 42 heavy (non-hydrogen) atoms. The van der Waals surface area contributed by atoms with E-state index in [1.54, 1.807) is 12.1 Å². The van der Waals surface area contributed by atoms with Gasteiger partial charge in [-0.2, -0.15) is 5.10 Å². The van der Waals surface area contributed by atoms with Gasteiger partial charge < -0.3 is 11.1 Å². The highest BCUT2D eigenvalue weighted by atomic mass is 19.3. The van der Waals surface area contributed by atoms with E-state index in [4.69, 9.17) is 5.73 Å². The van der Waals surface area contributed by atoms with E-state index in [1.165, 1.54) is 23.0 Å². The number of carbonyl (C=O) groups excluding carboxylic acids is 2. The minimum Gasteiger partial charge on any atom is -0.366 e. The van der Waals surface area contributed by atoms with Crippen molar-refractivity contribution in [2.45, 2.75) is 44.2 Å². The van der Waals surface area contributed by atoms with Gasteiger partial charge in [0.1, 0.15) is 29.7 Å². The molecule has 2 aromatic heterocycles. The summed E-state index contributed by atoms with van der Waals surface area (Å²) in [4.78, 5) is 29.6. The standard InChI is InChI=1S/C30H24F5N5O2/c31-17-6-14(7-18(32)12-17)8-23(27-19(2-1-5-37-27)15-3-4-22(33)21(9-15)30(36)42)38-25(41)13-40-24-11-16-10-20(16)26(24)28(39-40)29(34)35/h1-7,9,12,16,20,23,29H,8,10-11,13H2,(H2,36,42)(H,38,41)/t16?,20?,23-/m0/s1. The maximum atomic E-state index is 14.2. The van der Waals surface area contributed by atoms with Crippen molar-refractivity contribution in [3.05, 3.63) is 106 Å². The monoisotopic (exact) mass is 581 g/mol. The van der Waals surface area contributed by atoms with Gasteiger partial charge in [-0.1, -0.05) is 12.1 Å². The molecule has 1 saturated carbocycles. The number of hydrogen-bond donors (Lipinski definition) is 2. The largest absolute Gasteiger partial charge is 0.366 e. The number of nitrogens with one attached hydrogen (secondary N) is 1. The van der Waals surface area contributed by atoms with Crippen LogP contribution < -0.4 is 11.1 Å². The Hall–Kier alpha value is -4.61. The highest BCUT2D eigenvalue weighted by Gasteiger charge is 2.50. The van der Waals surface area contributed by atoms with Gasteiger partial charge in [-0.15, -0.1) is 0 Å². The quantitative estimate of drug-likeness (QED) is 0.267. The predicted molar refractivity (Wildman–Crippen MR) is 141 cm³/mol. The van der Waals surface area contributed by atoms with E-state index in [1.807, 2.05) is 0 Å². The summed E-state index contributed by atoms with van der Waals surface area (Å²) >= 11 is 0. The van der Waals surface area contributed by atoms with Gasteiger partial charge in [-0.3, -0.25) is 19.3 Å². The maximum Gasteiger partial charge on any atom is 0.282 e. The fraction of sp³-hybridized carbons (Fsp3) is 0.267. The van der Waals surface area contributed by atoms with Crippen LogP contribution in [0.15, 0.2) is 54.7 Å². The van der Waals surface area contributed by atoms with Crippen molar-refractivity contribution < 1.29 is 31.5 Å². The van der Waals surface area contributed by atoms with Crippen molar-refractivity contribution in [3.63, 3.8) is 0 Å². The number of fused-ring (bicyclic) bond motifs is 3. The lowest BCUT2D eigenvalue weighted by Gasteiger charge is -2.22. The number of hydrogen-bond acceptors (Lipinski definition) is 4. The molecule has 1 fully saturated rings. The smallest absolute Gasteiger partial charge is 0.282 e. The van der Waals surface area contributed by atoms with Gasteiger partial charge in [0, 0.05) is 29.1 Å². The molecule has 2 aliphatic rings. The lowest BCUT2D eigenvalue weighted by molar-refractivity contribution is -0.122. The Labute approximate surface area is 236 Å². The van der Waals surface area contributed by atoms with E-state index >= 15 is 0 Å². The molecule has 12 heteroatoms. The van der Waals surface area contributed by atoms with Crippen LogP contribution >= 0.6 is 0 Å². The third-order valence-corrected chi connectivity index (χ3v) is 7.78. The van der Waals surface area contributed by atoms with E-state index in [9.17, 15) is 31.5 Å². The zero-order chi connectivity index (χ0) is 29.7. The van der Waals surface area contributed by atoms with Crippen LogP contribution in [0, 0.1) is 23.4 Å². The molecule has 3 atom stereocenters. The van der Waals surface area contributed by atoms with Crippen molar-refractivity contribution in [1.29, 1.82) is 0 Å². The minimum absolute atomic E-state index is 0.0495. The van der Waals surface area contributed by atoms with Gasteiger partial charge in [0.2, 0.25) is 5.91 Å². The Morgan fingerprint density at radius 1 is 1.05 bits per heavy atom. The SMILES string of the molecule is NC(=O)c1cc(-c2cccnc2[C@H](Cc2cc(F)cc(F)c2)NC(=O)Cn2nc(C(F)F)c3c2CC2CC32)ccc1F. The molecule has 4 aromatic rings. The molecule has 216 valence electrons. The van der Waals surface area contributed by atoms with Crippen LogP contribution in [-0.2, 0) is 24.2 Å². The number of nitrogens with two attached hydrogens (primary N) is 1. The van der Waals surface area contributed by atoms with Crippen LogP contribution in [0.2, 0.25) is 0 Å². The molecule has 2 aliphatic carbocycles. The van der Waals surface area contributed by atoms with Crippen molar-refractivity contribution in [3.8, 4) is 11.1 Å².